The lowest BCUT2D eigenvalue weighted by Gasteiger charge is -2.37. The van der Waals surface area contributed by atoms with E-state index in [2.05, 4.69) is 10.2 Å². The summed E-state index contributed by atoms with van der Waals surface area (Å²) in [5.74, 6) is -0.0764. The quantitative estimate of drug-likeness (QED) is 0.540. The fourth-order valence-corrected chi connectivity index (χ4v) is 4.47. The lowest BCUT2D eigenvalue weighted by Crippen LogP contribution is -2.49. The summed E-state index contributed by atoms with van der Waals surface area (Å²) in [5, 5.41) is 3.57. The van der Waals surface area contributed by atoms with Crippen LogP contribution in [0.1, 0.15) is 20.7 Å². The zero-order valence-corrected chi connectivity index (χ0v) is 19.6. The van der Waals surface area contributed by atoms with Crippen LogP contribution >= 0.6 is 23.2 Å². The number of carbonyl (C=O) groups is 2. The molecule has 0 unspecified atom stereocenters. The van der Waals surface area contributed by atoms with Gasteiger partial charge in [0.05, 0.1) is 29.1 Å². The molecule has 4 rings (SSSR count). The molecule has 0 saturated carbocycles. The number of nitrogens with one attached hydrogen (secondary N) is 1. The second kappa shape index (κ2) is 10.1. The first kappa shape index (κ1) is 23.0. The van der Waals surface area contributed by atoms with Gasteiger partial charge in [0.25, 0.3) is 11.8 Å². The maximum absolute atomic E-state index is 13.1. The van der Waals surface area contributed by atoms with E-state index < -0.39 is 0 Å². The molecule has 0 bridgehead atoms. The number of nitrogens with zero attached hydrogens (tertiary/aromatic N) is 2. The number of benzene rings is 3. The van der Waals surface area contributed by atoms with Crippen molar-refractivity contribution in [2.75, 3.05) is 43.5 Å². The Balaban J connectivity index is 1.49. The molecular formula is C25H23Cl2N3O3. The minimum atomic E-state index is -0.374. The molecule has 2 amide bonds. The van der Waals surface area contributed by atoms with Crippen molar-refractivity contribution in [2.45, 2.75) is 0 Å². The van der Waals surface area contributed by atoms with E-state index in [4.69, 9.17) is 27.9 Å². The van der Waals surface area contributed by atoms with Crippen LogP contribution in [0, 0.1) is 0 Å². The Kier molecular flexibility index (Phi) is 7.06. The Labute approximate surface area is 202 Å². The van der Waals surface area contributed by atoms with Crippen LogP contribution in [0.3, 0.4) is 0 Å². The molecule has 1 saturated heterocycles. The van der Waals surface area contributed by atoms with Gasteiger partial charge in [-0.25, -0.2) is 0 Å². The number of anilines is 2. The number of piperazine rings is 1. The van der Waals surface area contributed by atoms with E-state index in [1.807, 2.05) is 59.5 Å². The van der Waals surface area contributed by atoms with Gasteiger partial charge in [-0.05, 0) is 36.4 Å². The topological polar surface area (TPSA) is 61.9 Å². The zero-order valence-electron chi connectivity index (χ0n) is 18.1. The predicted molar refractivity (Wildman–Crippen MR) is 132 cm³/mol. The molecule has 0 spiro atoms. The van der Waals surface area contributed by atoms with E-state index in [0.717, 1.165) is 5.69 Å². The smallest absolute Gasteiger partial charge is 0.259 e. The van der Waals surface area contributed by atoms with Gasteiger partial charge in [0.15, 0.2) is 0 Å². The van der Waals surface area contributed by atoms with Crippen molar-refractivity contribution in [2.24, 2.45) is 0 Å². The highest BCUT2D eigenvalue weighted by molar-refractivity contribution is 6.36. The van der Waals surface area contributed by atoms with Crippen molar-refractivity contribution in [1.82, 2.24) is 4.90 Å². The summed E-state index contributed by atoms with van der Waals surface area (Å²) in [5.41, 5.74) is 2.48. The van der Waals surface area contributed by atoms with Crippen molar-refractivity contribution >= 4 is 46.4 Å². The summed E-state index contributed by atoms with van der Waals surface area (Å²) >= 11 is 12.3. The summed E-state index contributed by atoms with van der Waals surface area (Å²) < 4.78 is 5.31. The molecule has 3 aromatic rings. The molecule has 1 aliphatic rings. The average Bonchev–Trinajstić information content (AvgIpc) is 2.84. The van der Waals surface area contributed by atoms with Crippen LogP contribution in [0.25, 0.3) is 0 Å². The number of amides is 2. The second-order valence-electron chi connectivity index (χ2n) is 7.58. The van der Waals surface area contributed by atoms with Crippen LogP contribution in [-0.4, -0.2) is 50.0 Å². The van der Waals surface area contributed by atoms with Crippen molar-refractivity contribution in [3.05, 3.63) is 87.9 Å². The molecule has 0 radical (unpaired) electrons. The molecule has 33 heavy (non-hydrogen) atoms. The van der Waals surface area contributed by atoms with Crippen LogP contribution in [0.2, 0.25) is 10.0 Å². The third kappa shape index (κ3) is 5.07. The molecule has 1 aliphatic heterocycles. The standard InChI is InChI=1S/C25H23Cl2N3O3/c1-33-23-19(15-18(26)16-20(23)27)24(31)28-21-9-5-6-10-22(21)29-11-13-30(14-12-29)25(32)17-7-3-2-4-8-17/h2-10,15-16H,11-14H2,1H3,(H,28,31). The minimum Gasteiger partial charge on any atom is -0.494 e. The van der Waals surface area contributed by atoms with Gasteiger partial charge >= 0.3 is 0 Å². The van der Waals surface area contributed by atoms with Crippen molar-refractivity contribution in [3.63, 3.8) is 0 Å². The van der Waals surface area contributed by atoms with Gasteiger partial charge in [-0.1, -0.05) is 53.5 Å². The summed E-state index contributed by atoms with van der Waals surface area (Å²) in [6, 6.07) is 19.9. The van der Waals surface area contributed by atoms with Gasteiger partial charge in [0.1, 0.15) is 5.75 Å². The number of para-hydroxylation sites is 2. The molecule has 8 heteroatoms. The van der Waals surface area contributed by atoms with Crippen molar-refractivity contribution in [3.8, 4) is 5.75 Å². The van der Waals surface area contributed by atoms with E-state index in [9.17, 15) is 9.59 Å². The number of methoxy groups -OCH3 is 1. The second-order valence-corrected chi connectivity index (χ2v) is 8.43. The van der Waals surface area contributed by atoms with Crippen LogP contribution in [0.15, 0.2) is 66.7 Å². The van der Waals surface area contributed by atoms with Crippen LogP contribution in [0.4, 0.5) is 11.4 Å². The Morgan fingerprint density at radius 1 is 0.909 bits per heavy atom. The monoisotopic (exact) mass is 483 g/mol. The fraction of sp³-hybridized carbons (Fsp3) is 0.200. The number of hydrogen-bond acceptors (Lipinski definition) is 4. The van der Waals surface area contributed by atoms with E-state index in [1.54, 1.807) is 0 Å². The Morgan fingerprint density at radius 2 is 1.58 bits per heavy atom. The van der Waals surface area contributed by atoms with Crippen LogP contribution in [-0.2, 0) is 0 Å². The summed E-state index contributed by atoms with van der Waals surface area (Å²) in [6.07, 6.45) is 0. The molecule has 0 aromatic heterocycles. The van der Waals surface area contributed by atoms with Crippen molar-refractivity contribution in [1.29, 1.82) is 0 Å². The zero-order chi connectivity index (χ0) is 23.4. The molecule has 3 aromatic carbocycles. The van der Waals surface area contributed by atoms with Crippen molar-refractivity contribution < 1.29 is 14.3 Å². The summed E-state index contributed by atoms with van der Waals surface area (Å²) in [6.45, 7) is 2.48. The molecular weight excluding hydrogens is 461 g/mol. The van der Waals surface area contributed by atoms with Gasteiger partial charge in [-0.3, -0.25) is 9.59 Å². The maximum Gasteiger partial charge on any atom is 0.259 e. The Hall–Kier alpha value is -3.22. The molecule has 1 N–H and O–H groups in total. The lowest BCUT2D eigenvalue weighted by molar-refractivity contribution is 0.0746. The van der Waals surface area contributed by atoms with E-state index in [0.29, 0.717) is 42.5 Å². The largest absolute Gasteiger partial charge is 0.494 e. The van der Waals surface area contributed by atoms with Crippen LogP contribution in [0.5, 0.6) is 5.75 Å². The van der Waals surface area contributed by atoms with Gasteiger partial charge in [0, 0.05) is 36.8 Å². The number of rotatable bonds is 5. The maximum atomic E-state index is 13.1. The SMILES string of the molecule is COc1c(Cl)cc(Cl)cc1C(=O)Nc1ccccc1N1CCN(C(=O)c2ccccc2)CC1. The van der Waals surface area contributed by atoms with Gasteiger partial charge in [-0.2, -0.15) is 0 Å². The van der Waals surface area contributed by atoms with E-state index in [1.165, 1.54) is 19.2 Å². The highest BCUT2D eigenvalue weighted by Gasteiger charge is 2.24. The predicted octanol–water partition coefficient (Wildman–Crippen LogP) is 5.22. The summed E-state index contributed by atoms with van der Waals surface area (Å²) in [7, 11) is 1.45. The number of halogens is 2. The van der Waals surface area contributed by atoms with Gasteiger partial charge in [0.2, 0.25) is 0 Å². The molecule has 1 heterocycles. The minimum absolute atomic E-state index is 0.0294. The van der Waals surface area contributed by atoms with E-state index in [-0.39, 0.29) is 28.1 Å². The first-order valence-corrected chi connectivity index (χ1v) is 11.3. The molecule has 0 aliphatic carbocycles. The lowest BCUT2D eigenvalue weighted by atomic mass is 10.1. The van der Waals surface area contributed by atoms with Crippen LogP contribution < -0.4 is 15.0 Å². The third-order valence-corrected chi connectivity index (χ3v) is 6.04. The van der Waals surface area contributed by atoms with Gasteiger partial charge in [-0.15, -0.1) is 0 Å². The molecule has 0 atom stereocenters. The first-order chi connectivity index (χ1) is 16.0. The number of hydrogen-bond donors (Lipinski definition) is 1. The number of ether oxygens (including phenoxy) is 1. The normalized spacial score (nSPS) is 13.5. The third-order valence-electron chi connectivity index (χ3n) is 5.54. The fourth-order valence-electron chi connectivity index (χ4n) is 3.89. The molecule has 170 valence electrons. The van der Waals surface area contributed by atoms with E-state index >= 15 is 0 Å². The Bertz CT molecular complexity index is 1160. The average molecular weight is 484 g/mol. The number of carbonyl (C=O) groups excluding carboxylic acids is 2. The Morgan fingerprint density at radius 3 is 2.27 bits per heavy atom. The summed E-state index contributed by atoms with van der Waals surface area (Å²) in [4.78, 5) is 29.8. The first-order valence-electron chi connectivity index (χ1n) is 10.5. The van der Waals surface area contributed by atoms with Gasteiger partial charge < -0.3 is 19.9 Å². The highest BCUT2D eigenvalue weighted by atomic mass is 35.5. The molecule has 6 nitrogen and oxygen atoms in total. The highest BCUT2D eigenvalue weighted by Crippen LogP contribution is 2.34. The molecule has 1 fully saturated rings.